The van der Waals surface area contributed by atoms with Crippen molar-refractivity contribution >= 4 is 40.4 Å². The zero-order chi connectivity index (χ0) is 23.2. The van der Waals surface area contributed by atoms with Gasteiger partial charge in [0.05, 0.1) is 6.21 Å². The fourth-order valence-corrected chi connectivity index (χ4v) is 5.25. The summed E-state index contributed by atoms with van der Waals surface area (Å²) in [5.74, 6) is 0.245. The van der Waals surface area contributed by atoms with Crippen LogP contribution in [0.2, 0.25) is 5.02 Å². The molecule has 3 aromatic rings. The first-order valence-corrected chi connectivity index (χ1v) is 11.4. The molecule has 1 aliphatic heterocycles. The first-order chi connectivity index (χ1) is 15.1. The van der Waals surface area contributed by atoms with Crippen molar-refractivity contribution in [1.82, 2.24) is 5.43 Å². The van der Waals surface area contributed by atoms with Crippen LogP contribution >= 0.6 is 11.6 Å². The smallest absolute Gasteiger partial charge is 0.307 e. The Morgan fingerprint density at radius 2 is 2.03 bits per heavy atom. The molecule has 0 unspecified atom stereocenters. The monoisotopic (exact) mass is 451 g/mol. The number of carbonyl (C=O) groups excluding carboxylic acids is 1. The van der Waals surface area contributed by atoms with Crippen LogP contribution in [-0.2, 0) is 0 Å². The number of hydrogen-bond acceptors (Lipinski definition) is 4. The van der Waals surface area contributed by atoms with E-state index in [2.05, 4.69) is 69.1 Å². The number of nitrogens with one attached hydrogen (secondary N) is 1. The van der Waals surface area contributed by atoms with Gasteiger partial charge >= 0.3 is 5.91 Å². The van der Waals surface area contributed by atoms with E-state index in [1.54, 1.807) is 30.5 Å². The van der Waals surface area contributed by atoms with E-state index >= 15 is 0 Å². The molecule has 0 bridgehead atoms. The van der Waals surface area contributed by atoms with Crippen molar-refractivity contribution in [2.45, 2.75) is 65.5 Å². The summed E-state index contributed by atoms with van der Waals surface area (Å²) in [6, 6.07) is 11.8. The first kappa shape index (κ1) is 22.4. The highest BCUT2D eigenvalue weighted by Crippen LogP contribution is 2.45. The summed E-state index contributed by atoms with van der Waals surface area (Å²) in [7, 11) is 0. The third-order valence-electron chi connectivity index (χ3n) is 6.25. The maximum atomic E-state index is 12.5. The number of amides is 1. The molecule has 1 N–H and O–H groups in total. The molecule has 2 heterocycles. The quantitative estimate of drug-likeness (QED) is 0.356. The highest BCUT2D eigenvalue weighted by Gasteiger charge is 2.37. The second kappa shape index (κ2) is 8.28. The summed E-state index contributed by atoms with van der Waals surface area (Å²) < 4.78 is 5.60. The lowest BCUT2D eigenvalue weighted by molar-refractivity contribution is 0.0929. The zero-order valence-corrected chi connectivity index (χ0v) is 20.2. The van der Waals surface area contributed by atoms with Gasteiger partial charge in [0.1, 0.15) is 5.58 Å². The number of halogens is 1. The molecule has 0 aliphatic carbocycles. The number of carbonyl (C=O) groups is 1. The van der Waals surface area contributed by atoms with Crippen LogP contribution < -0.4 is 10.3 Å². The van der Waals surface area contributed by atoms with Gasteiger partial charge < -0.3 is 9.32 Å². The zero-order valence-electron chi connectivity index (χ0n) is 19.5. The van der Waals surface area contributed by atoms with Crippen LogP contribution in [0.5, 0.6) is 0 Å². The minimum absolute atomic E-state index is 0.105. The number of fused-ring (bicyclic) bond motifs is 2. The lowest BCUT2D eigenvalue weighted by Gasteiger charge is -2.50. The van der Waals surface area contributed by atoms with Crippen molar-refractivity contribution in [1.29, 1.82) is 0 Å². The number of nitrogens with zero attached hydrogens (tertiary/aromatic N) is 2. The molecule has 0 spiro atoms. The minimum atomic E-state index is -0.398. The van der Waals surface area contributed by atoms with Crippen molar-refractivity contribution in [2.24, 2.45) is 5.10 Å². The number of hydrazone groups is 1. The Labute approximate surface area is 194 Å². The van der Waals surface area contributed by atoms with E-state index in [0.29, 0.717) is 22.6 Å². The van der Waals surface area contributed by atoms with Crippen LogP contribution in [0.15, 0.2) is 45.9 Å². The Bertz CT molecular complexity index is 1210. The summed E-state index contributed by atoms with van der Waals surface area (Å²) in [5, 5.41) is 5.58. The van der Waals surface area contributed by atoms with E-state index in [9.17, 15) is 4.79 Å². The molecular formula is C26H30ClN3O2. The lowest BCUT2D eigenvalue weighted by Crippen LogP contribution is -2.51. The summed E-state index contributed by atoms with van der Waals surface area (Å²) in [6.07, 6.45) is 2.80. The Kier molecular flexibility index (Phi) is 5.80. The lowest BCUT2D eigenvalue weighted by atomic mass is 9.78. The third-order valence-corrected chi connectivity index (χ3v) is 6.49. The van der Waals surface area contributed by atoms with Crippen LogP contribution in [0.25, 0.3) is 11.0 Å². The number of rotatable bonds is 4. The number of furan rings is 1. The van der Waals surface area contributed by atoms with Gasteiger partial charge in [0.25, 0.3) is 0 Å². The standard InChI is InChI=1S/C26H30ClN3O2/c1-15(2)30-22-9-16(3)19(11-21(22)17(4)13-26(30,5)6)14-28-29-25(31)24-12-18-10-20(27)7-8-23(18)32-24/h7-12,14-15,17H,13H2,1-6H3,(H,29,31)/b28-14-/t17-/m0/s1. The molecule has 32 heavy (non-hydrogen) atoms. The van der Waals surface area contributed by atoms with Crippen LogP contribution in [0.3, 0.4) is 0 Å². The van der Waals surface area contributed by atoms with Crippen LogP contribution in [-0.4, -0.2) is 23.7 Å². The van der Waals surface area contributed by atoms with Gasteiger partial charge in [-0.05, 0) is 100 Å². The molecule has 1 aliphatic rings. The summed E-state index contributed by atoms with van der Waals surface area (Å²) in [5.41, 5.74) is 8.03. The van der Waals surface area contributed by atoms with E-state index in [-0.39, 0.29) is 11.3 Å². The van der Waals surface area contributed by atoms with E-state index in [4.69, 9.17) is 16.0 Å². The molecule has 1 aromatic heterocycles. The minimum Gasteiger partial charge on any atom is -0.451 e. The van der Waals surface area contributed by atoms with E-state index in [1.807, 2.05) is 0 Å². The molecule has 0 saturated heterocycles. The summed E-state index contributed by atoms with van der Waals surface area (Å²) >= 11 is 6.01. The molecule has 1 amide bonds. The second-order valence-corrected chi connectivity index (χ2v) is 10.1. The predicted molar refractivity (Wildman–Crippen MR) is 132 cm³/mol. The van der Waals surface area contributed by atoms with Crippen molar-refractivity contribution in [3.63, 3.8) is 0 Å². The molecule has 1 atom stereocenters. The van der Waals surface area contributed by atoms with Gasteiger partial charge in [-0.15, -0.1) is 0 Å². The highest BCUT2D eigenvalue weighted by molar-refractivity contribution is 6.31. The van der Waals surface area contributed by atoms with Gasteiger partial charge in [0, 0.05) is 27.7 Å². The molecule has 5 nitrogen and oxygen atoms in total. The number of anilines is 1. The van der Waals surface area contributed by atoms with Crippen LogP contribution in [0.4, 0.5) is 5.69 Å². The van der Waals surface area contributed by atoms with Gasteiger partial charge in [-0.3, -0.25) is 4.79 Å². The highest BCUT2D eigenvalue weighted by atomic mass is 35.5. The average Bonchev–Trinajstić information content (AvgIpc) is 3.11. The molecule has 6 heteroatoms. The van der Waals surface area contributed by atoms with Gasteiger partial charge in [-0.25, -0.2) is 5.43 Å². The normalized spacial score (nSPS) is 17.9. The number of aryl methyl sites for hydroxylation is 1. The Morgan fingerprint density at radius 3 is 2.75 bits per heavy atom. The first-order valence-electron chi connectivity index (χ1n) is 11.0. The van der Waals surface area contributed by atoms with Gasteiger partial charge in [-0.2, -0.15) is 5.10 Å². The molecular weight excluding hydrogens is 422 g/mol. The maximum Gasteiger partial charge on any atom is 0.307 e. The number of benzene rings is 2. The predicted octanol–water partition coefficient (Wildman–Crippen LogP) is 6.66. The fraction of sp³-hybridized carbons (Fsp3) is 0.385. The maximum absolute atomic E-state index is 12.5. The fourth-order valence-electron chi connectivity index (χ4n) is 5.07. The SMILES string of the molecule is Cc1cc2c(cc1/C=N\NC(=O)c1cc3cc(Cl)ccc3o1)[C@@H](C)CC(C)(C)N2C(C)C. The summed E-state index contributed by atoms with van der Waals surface area (Å²) in [4.78, 5) is 15.0. The summed E-state index contributed by atoms with van der Waals surface area (Å²) in [6.45, 7) is 13.5. The van der Waals surface area contributed by atoms with E-state index < -0.39 is 5.91 Å². The van der Waals surface area contributed by atoms with E-state index in [1.165, 1.54) is 11.3 Å². The van der Waals surface area contributed by atoms with Crippen molar-refractivity contribution < 1.29 is 9.21 Å². The largest absolute Gasteiger partial charge is 0.451 e. The Balaban J connectivity index is 1.57. The van der Waals surface area contributed by atoms with Gasteiger partial charge in [0.15, 0.2) is 5.76 Å². The topological polar surface area (TPSA) is 57.8 Å². The Morgan fingerprint density at radius 1 is 1.28 bits per heavy atom. The molecule has 2 aromatic carbocycles. The van der Waals surface area contributed by atoms with Crippen LogP contribution in [0, 0.1) is 6.92 Å². The van der Waals surface area contributed by atoms with Crippen molar-refractivity contribution in [2.75, 3.05) is 4.90 Å². The Hall–Kier alpha value is -2.79. The van der Waals surface area contributed by atoms with Crippen LogP contribution in [0.1, 0.15) is 74.2 Å². The number of hydrogen-bond donors (Lipinski definition) is 1. The van der Waals surface area contributed by atoms with E-state index in [0.717, 1.165) is 22.9 Å². The molecule has 168 valence electrons. The van der Waals surface area contributed by atoms with Gasteiger partial charge in [0.2, 0.25) is 0 Å². The average molecular weight is 452 g/mol. The van der Waals surface area contributed by atoms with Crippen molar-refractivity contribution in [3.05, 3.63) is 63.9 Å². The third kappa shape index (κ3) is 4.14. The van der Waals surface area contributed by atoms with Crippen molar-refractivity contribution in [3.8, 4) is 0 Å². The van der Waals surface area contributed by atoms with Gasteiger partial charge in [-0.1, -0.05) is 18.5 Å². The second-order valence-electron chi connectivity index (χ2n) is 9.64. The molecule has 0 radical (unpaired) electrons. The molecule has 0 fully saturated rings. The molecule has 4 rings (SSSR count). The molecule has 0 saturated carbocycles.